The Hall–Kier alpha value is -1.67. The Balaban J connectivity index is 1.76. The van der Waals surface area contributed by atoms with Crippen molar-refractivity contribution >= 4 is 0 Å². The summed E-state index contributed by atoms with van der Waals surface area (Å²) in [7, 11) is 0. The molecule has 0 aliphatic rings. The minimum Gasteiger partial charge on any atom is -0.310 e. The van der Waals surface area contributed by atoms with Gasteiger partial charge in [0.1, 0.15) is 5.82 Å². The molecule has 2 heteroatoms. The average molecular weight is 257 g/mol. The summed E-state index contributed by atoms with van der Waals surface area (Å²) in [5.41, 5.74) is 2.08. The van der Waals surface area contributed by atoms with E-state index in [4.69, 9.17) is 0 Å². The monoisotopic (exact) mass is 257 g/mol. The molecule has 2 rings (SSSR count). The highest BCUT2D eigenvalue weighted by molar-refractivity contribution is 5.17. The maximum Gasteiger partial charge on any atom is 0.127 e. The van der Waals surface area contributed by atoms with Gasteiger partial charge in [-0.25, -0.2) is 4.39 Å². The zero-order valence-electron chi connectivity index (χ0n) is 11.3. The molecular weight excluding hydrogens is 237 g/mol. The molecule has 1 N–H and O–H groups in total. The van der Waals surface area contributed by atoms with E-state index in [-0.39, 0.29) is 5.82 Å². The van der Waals surface area contributed by atoms with E-state index in [0.717, 1.165) is 18.4 Å². The van der Waals surface area contributed by atoms with Crippen molar-refractivity contribution < 1.29 is 4.39 Å². The first-order valence-electron chi connectivity index (χ1n) is 6.76. The molecule has 0 heterocycles. The second kappa shape index (κ2) is 7.05. The number of hydrogen-bond acceptors (Lipinski definition) is 1. The van der Waals surface area contributed by atoms with Crippen LogP contribution >= 0.6 is 0 Å². The molecule has 0 amide bonds. The summed E-state index contributed by atoms with van der Waals surface area (Å²) in [6, 6.07) is 17.7. The summed E-state index contributed by atoms with van der Waals surface area (Å²) in [6.45, 7) is 2.73. The zero-order chi connectivity index (χ0) is 13.5. The number of rotatable bonds is 6. The van der Waals surface area contributed by atoms with Gasteiger partial charge in [0.25, 0.3) is 0 Å². The molecular formula is C17H20FN. The first-order chi connectivity index (χ1) is 9.25. The second-order valence-corrected chi connectivity index (χ2v) is 4.90. The third-order valence-electron chi connectivity index (χ3n) is 3.31. The van der Waals surface area contributed by atoms with Crippen LogP contribution in [0.15, 0.2) is 54.6 Å². The summed E-state index contributed by atoms with van der Waals surface area (Å²) in [6.07, 6.45) is 2.10. The quantitative estimate of drug-likeness (QED) is 0.826. The van der Waals surface area contributed by atoms with Crippen LogP contribution in [0, 0.1) is 5.82 Å². The molecule has 0 spiro atoms. The van der Waals surface area contributed by atoms with Gasteiger partial charge in [0.2, 0.25) is 0 Å². The first kappa shape index (κ1) is 13.8. The Kier molecular flexibility index (Phi) is 5.10. The van der Waals surface area contributed by atoms with Gasteiger partial charge in [-0.05, 0) is 31.4 Å². The van der Waals surface area contributed by atoms with Gasteiger partial charge in [-0.15, -0.1) is 0 Å². The van der Waals surface area contributed by atoms with Crippen LogP contribution in [-0.2, 0) is 13.0 Å². The molecule has 1 atom stereocenters. The summed E-state index contributed by atoms with van der Waals surface area (Å²) in [4.78, 5) is 0. The third-order valence-corrected chi connectivity index (χ3v) is 3.31. The van der Waals surface area contributed by atoms with Crippen LogP contribution in [-0.4, -0.2) is 6.04 Å². The molecule has 2 aromatic carbocycles. The predicted octanol–water partition coefficient (Wildman–Crippen LogP) is 3.94. The Bertz CT molecular complexity index is 496. The topological polar surface area (TPSA) is 12.0 Å². The molecule has 0 saturated heterocycles. The Labute approximate surface area is 114 Å². The lowest BCUT2D eigenvalue weighted by Gasteiger charge is -2.14. The largest absolute Gasteiger partial charge is 0.310 e. The van der Waals surface area contributed by atoms with Crippen LogP contribution < -0.4 is 5.32 Å². The van der Waals surface area contributed by atoms with E-state index in [9.17, 15) is 4.39 Å². The van der Waals surface area contributed by atoms with E-state index >= 15 is 0 Å². The molecule has 0 saturated carbocycles. The summed E-state index contributed by atoms with van der Waals surface area (Å²) in [5, 5.41) is 3.37. The molecule has 19 heavy (non-hydrogen) atoms. The van der Waals surface area contributed by atoms with Crippen LogP contribution in [0.5, 0.6) is 0 Å². The van der Waals surface area contributed by atoms with Crippen LogP contribution in [0.4, 0.5) is 4.39 Å². The Morgan fingerprint density at radius 1 is 1.00 bits per heavy atom. The van der Waals surface area contributed by atoms with Gasteiger partial charge in [-0.3, -0.25) is 0 Å². The van der Waals surface area contributed by atoms with Crippen molar-refractivity contribution in [3.63, 3.8) is 0 Å². The van der Waals surface area contributed by atoms with Crippen molar-refractivity contribution in [1.29, 1.82) is 0 Å². The number of nitrogens with one attached hydrogen (secondary N) is 1. The van der Waals surface area contributed by atoms with Gasteiger partial charge in [0.05, 0.1) is 0 Å². The lowest BCUT2D eigenvalue weighted by molar-refractivity contribution is 0.501. The molecule has 1 nitrogen and oxygen atoms in total. The molecule has 0 aliphatic heterocycles. The first-order valence-corrected chi connectivity index (χ1v) is 6.76. The lowest BCUT2D eigenvalue weighted by atomic mass is 10.1. The molecule has 100 valence electrons. The van der Waals surface area contributed by atoms with E-state index in [2.05, 4.69) is 36.5 Å². The van der Waals surface area contributed by atoms with Gasteiger partial charge in [0, 0.05) is 18.2 Å². The average Bonchev–Trinajstić information content (AvgIpc) is 2.45. The highest BCUT2D eigenvalue weighted by Crippen LogP contribution is 2.08. The molecule has 0 unspecified atom stereocenters. The fourth-order valence-electron chi connectivity index (χ4n) is 2.06. The standard InChI is InChI=1S/C17H20FN/c1-14(11-12-15-7-3-2-4-8-15)19-13-16-9-5-6-10-17(16)18/h2-10,14,19H,11-13H2,1H3/t14-/m0/s1. The Morgan fingerprint density at radius 3 is 2.42 bits per heavy atom. The van der Waals surface area contributed by atoms with Crippen molar-refractivity contribution in [3.05, 3.63) is 71.5 Å². The fraction of sp³-hybridized carbons (Fsp3) is 0.294. The lowest BCUT2D eigenvalue weighted by Crippen LogP contribution is -2.26. The second-order valence-electron chi connectivity index (χ2n) is 4.90. The number of benzene rings is 2. The smallest absolute Gasteiger partial charge is 0.127 e. The maximum atomic E-state index is 13.5. The molecule has 0 aromatic heterocycles. The summed E-state index contributed by atoms with van der Waals surface area (Å²) >= 11 is 0. The highest BCUT2D eigenvalue weighted by atomic mass is 19.1. The van der Waals surface area contributed by atoms with Crippen LogP contribution in [0.2, 0.25) is 0 Å². The van der Waals surface area contributed by atoms with E-state index in [0.29, 0.717) is 12.6 Å². The normalized spacial score (nSPS) is 12.3. The SMILES string of the molecule is C[C@@H](CCc1ccccc1)NCc1ccccc1F. The van der Waals surface area contributed by atoms with E-state index in [1.165, 1.54) is 11.6 Å². The number of halogens is 1. The van der Waals surface area contributed by atoms with Crippen LogP contribution in [0.25, 0.3) is 0 Å². The molecule has 0 aliphatic carbocycles. The summed E-state index contributed by atoms with van der Waals surface area (Å²) in [5.74, 6) is -0.134. The van der Waals surface area contributed by atoms with E-state index in [1.807, 2.05) is 18.2 Å². The zero-order valence-corrected chi connectivity index (χ0v) is 11.3. The third kappa shape index (κ3) is 4.49. The van der Waals surface area contributed by atoms with Crippen LogP contribution in [0.3, 0.4) is 0 Å². The Morgan fingerprint density at radius 2 is 1.68 bits per heavy atom. The van der Waals surface area contributed by atoms with E-state index < -0.39 is 0 Å². The molecule has 0 bridgehead atoms. The van der Waals surface area contributed by atoms with E-state index in [1.54, 1.807) is 6.07 Å². The maximum absolute atomic E-state index is 13.5. The van der Waals surface area contributed by atoms with Gasteiger partial charge < -0.3 is 5.32 Å². The van der Waals surface area contributed by atoms with Crippen molar-refractivity contribution in [1.82, 2.24) is 5.32 Å². The number of hydrogen-bond donors (Lipinski definition) is 1. The molecule has 0 fully saturated rings. The minimum absolute atomic E-state index is 0.134. The van der Waals surface area contributed by atoms with Crippen molar-refractivity contribution in [2.45, 2.75) is 32.4 Å². The van der Waals surface area contributed by atoms with Gasteiger partial charge in [-0.1, -0.05) is 48.5 Å². The fourth-order valence-corrected chi connectivity index (χ4v) is 2.06. The predicted molar refractivity (Wildman–Crippen MR) is 77.5 cm³/mol. The van der Waals surface area contributed by atoms with Crippen molar-refractivity contribution in [3.8, 4) is 0 Å². The van der Waals surface area contributed by atoms with Gasteiger partial charge in [0.15, 0.2) is 0 Å². The van der Waals surface area contributed by atoms with Crippen molar-refractivity contribution in [2.24, 2.45) is 0 Å². The van der Waals surface area contributed by atoms with Crippen LogP contribution in [0.1, 0.15) is 24.5 Å². The highest BCUT2D eigenvalue weighted by Gasteiger charge is 2.04. The molecule has 2 aromatic rings. The van der Waals surface area contributed by atoms with Gasteiger partial charge >= 0.3 is 0 Å². The minimum atomic E-state index is -0.134. The molecule has 0 radical (unpaired) electrons. The van der Waals surface area contributed by atoms with Crippen molar-refractivity contribution in [2.75, 3.05) is 0 Å². The summed E-state index contributed by atoms with van der Waals surface area (Å²) < 4.78 is 13.5. The number of aryl methyl sites for hydroxylation is 1. The van der Waals surface area contributed by atoms with Gasteiger partial charge in [-0.2, -0.15) is 0 Å².